The van der Waals surface area contributed by atoms with Gasteiger partial charge >= 0.3 is 0 Å². The van der Waals surface area contributed by atoms with E-state index in [0.29, 0.717) is 12.5 Å². The average molecular weight is 491 g/mol. The van der Waals surface area contributed by atoms with Gasteiger partial charge in [-0.3, -0.25) is 4.90 Å². The van der Waals surface area contributed by atoms with Crippen LogP contribution in [0.15, 0.2) is 4.99 Å². The van der Waals surface area contributed by atoms with Gasteiger partial charge in [-0.05, 0) is 19.3 Å². The second-order valence-electron chi connectivity index (χ2n) is 7.51. The molecule has 1 aromatic heterocycles. The lowest BCUT2D eigenvalue weighted by atomic mass is 10.2. The highest BCUT2D eigenvalue weighted by Gasteiger charge is 2.21. The Morgan fingerprint density at radius 1 is 1.30 bits per heavy atom. The number of rotatable bonds is 7. The molecule has 1 fully saturated rings. The van der Waals surface area contributed by atoms with Gasteiger partial charge in [0.25, 0.3) is 0 Å². The molecule has 154 valence electrons. The molecule has 0 spiro atoms. The molecule has 0 aromatic carbocycles. The number of hydrogen-bond donors (Lipinski definition) is 2. The smallest absolute Gasteiger partial charge is 0.191 e. The molecule has 8 nitrogen and oxygen atoms in total. The minimum atomic E-state index is 0. The topological polar surface area (TPSA) is 79.6 Å². The van der Waals surface area contributed by atoms with Crippen molar-refractivity contribution in [1.29, 1.82) is 0 Å². The third kappa shape index (κ3) is 6.56. The Morgan fingerprint density at radius 2 is 2.15 bits per heavy atom. The largest absolute Gasteiger partial charge is 0.374 e. The lowest BCUT2D eigenvalue weighted by Gasteiger charge is -2.34. The molecule has 2 aliphatic heterocycles. The van der Waals surface area contributed by atoms with Gasteiger partial charge in [0.05, 0.1) is 12.7 Å². The first kappa shape index (κ1) is 22.4. The van der Waals surface area contributed by atoms with Crippen LogP contribution in [0.3, 0.4) is 0 Å². The Hall–Kier alpha value is -0.940. The first-order valence-corrected chi connectivity index (χ1v) is 9.92. The number of ether oxygens (including phenoxy) is 1. The van der Waals surface area contributed by atoms with Gasteiger partial charge in [-0.2, -0.15) is 0 Å². The second-order valence-corrected chi connectivity index (χ2v) is 7.51. The number of nitrogens with one attached hydrogen (secondary N) is 2. The standard InChI is InChI=1S/C18H33N7O.HI/c1-4-19-18(21-11-17-23-22-16-6-5-7-25(16)17)20-10-15-13-24(8-9-26-15)12-14(2)3;/h14-15H,4-13H2,1-3H3,(H2,19,20,21);1H. The van der Waals surface area contributed by atoms with Crippen molar-refractivity contribution in [3.05, 3.63) is 11.6 Å². The van der Waals surface area contributed by atoms with E-state index in [4.69, 9.17) is 4.74 Å². The summed E-state index contributed by atoms with van der Waals surface area (Å²) < 4.78 is 8.11. The number of guanidine groups is 1. The van der Waals surface area contributed by atoms with Crippen molar-refractivity contribution >= 4 is 29.9 Å². The van der Waals surface area contributed by atoms with Crippen molar-refractivity contribution in [3.8, 4) is 0 Å². The molecule has 1 aromatic rings. The average Bonchev–Trinajstić information content (AvgIpc) is 3.21. The van der Waals surface area contributed by atoms with Crippen LogP contribution in [-0.2, 0) is 24.2 Å². The molecule has 1 saturated heterocycles. The highest BCUT2D eigenvalue weighted by atomic mass is 127. The minimum absolute atomic E-state index is 0. The number of aliphatic imine (C=N–C) groups is 1. The highest BCUT2D eigenvalue weighted by Crippen LogP contribution is 2.14. The van der Waals surface area contributed by atoms with Gasteiger partial charge in [-0.15, -0.1) is 34.2 Å². The van der Waals surface area contributed by atoms with E-state index in [2.05, 4.69) is 56.1 Å². The number of halogens is 1. The zero-order chi connectivity index (χ0) is 18.4. The predicted molar refractivity (Wildman–Crippen MR) is 118 cm³/mol. The summed E-state index contributed by atoms with van der Waals surface area (Å²) in [4.78, 5) is 7.18. The lowest BCUT2D eigenvalue weighted by molar-refractivity contribution is -0.0284. The van der Waals surface area contributed by atoms with Crippen LogP contribution in [0.4, 0.5) is 0 Å². The van der Waals surface area contributed by atoms with Crippen molar-refractivity contribution < 1.29 is 4.74 Å². The van der Waals surface area contributed by atoms with Crippen molar-refractivity contribution in [1.82, 2.24) is 30.3 Å². The van der Waals surface area contributed by atoms with Crippen molar-refractivity contribution in [2.24, 2.45) is 10.9 Å². The second kappa shape index (κ2) is 11.2. The van der Waals surface area contributed by atoms with E-state index >= 15 is 0 Å². The fourth-order valence-electron chi connectivity index (χ4n) is 3.62. The molecule has 0 saturated carbocycles. The molecule has 0 radical (unpaired) electrons. The third-order valence-electron chi connectivity index (χ3n) is 4.75. The number of aryl methyl sites for hydroxylation is 1. The molecule has 3 rings (SSSR count). The molecule has 9 heteroatoms. The van der Waals surface area contributed by atoms with Crippen LogP contribution in [0.2, 0.25) is 0 Å². The zero-order valence-corrected chi connectivity index (χ0v) is 19.1. The maximum atomic E-state index is 5.92. The molecular weight excluding hydrogens is 457 g/mol. The SMILES string of the molecule is CCNC(=NCc1nnc2n1CCC2)NCC1CN(CC(C)C)CCO1.I. The number of hydrogen-bond acceptors (Lipinski definition) is 5. The lowest BCUT2D eigenvalue weighted by Crippen LogP contribution is -2.50. The van der Waals surface area contributed by atoms with E-state index in [9.17, 15) is 0 Å². The summed E-state index contributed by atoms with van der Waals surface area (Å²) in [7, 11) is 0. The molecule has 0 bridgehead atoms. The Bertz CT molecular complexity index is 605. The van der Waals surface area contributed by atoms with Crippen molar-refractivity contribution in [2.75, 3.05) is 39.3 Å². The zero-order valence-electron chi connectivity index (χ0n) is 16.8. The van der Waals surface area contributed by atoms with E-state index < -0.39 is 0 Å². The van der Waals surface area contributed by atoms with Gasteiger partial charge in [0.1, 0.15) is 12.4 Å². The summed E-state index contributed by atoms with van der Waals surface area (Å²) in [6, 6.07) is 0. The maximum absolute atomic E-state index is 5.92. The number of aromatic nitrogens is 3. The molecule has 3 heterocycles. The molecule has 0 amide bonds. The number of fused-ring (bicyclic) bond motifs is 1. The molecule has 2 aliphatic rings. The summed E-state index contributed by atoms with van der Waals surface area (Å²) >= 11 is 0. The predicted octanol–water partition coefficient (Wildman–Crippen LogP) is 1.25. The quantitative estimate of drug-likeness (QED) is 0.340. The van der Waals surface area contributed by atoms with Crippen LogP contribution in [-0.4, -0.2) is 71.1 Å². The van der Waals surface area contributed by atoms with Crippen LogP contribution in [0.5, 0.6) is 0 Å². The van der Waals surface area contributed by atoms with Gasteiger partial charge in [-0.25, -0.2) is 4.99 Å². The van der Waals surface area contributed by atoms with Gasteiger partial charge < -0.3 is 19.9 Å². The Kier molecular flexibility index (Phi) is 9.24. The van der Waals surface area contributed by atoms with E-state index in [1.165, 1.54) is 0 Å². The third-order valence-corrected chi connectivity index (χ3v) is 4.75. The first-order chi connectivity index (χ1) is 12.7. The van der Waals surface area contributed by atoms with Crippen LogP contribution >= 0.6 is 24.0 Å². The fourth-order valence-corrected chi connectivity index (χ4v) is 3.62. The first-order valence-electron chi connectivity index (χ1n) is 9.92. The fraction of sp³-hybridized carbons (Fsp3) is 0.833. The van der Waals surface area contributed by atoms with Gasteiger partial charge in [0, 0.05) is 45.7 Å². The summed E-state index contributed by atoms with van der Waals surface area (Å²) in [6.07, 6.45) is 2.39. The van der Waals surface area contributed by atoms with Crippen LogP contribution in [0, 0.1) is 5.92 Å². The molecule has 1 atom stereocenters. The summed E-state index contributed by atoms with van der Waals surface area (Å²) in [6.45, 7) is 13.7. The van der Waals surface area contributed by atoms with Crippen molar-refractivity contribution in [3.63, 3.8) is 0 Å². The van der Waals surface area contributed by atoms with E-state index in [1.807, 2.05) is 0 Å². The Morgan fingerprint density at radius 3 is 2.93 bits per heavy atom. The van der Waals surface area contributed by atoms with E-state index in [1.54, 1.807) is 0 Å². The maximum Gasteiger partial charge on any atom is 0.191 e. The highest BCUT2D eigenvalue weighted by molar-refractivity contribution is 14.0. The monoisotopic (exact) mass is 491 g/mol. The molecule has 1 unspecified atom stereocenters. The van der Waals surface area contributed by atoms with Gasteiger partial charge in [0.2, 0.25) is 0 Å². The van der Waals surface area contributed by atoms with Crippen LogP contribution < -0.4 is 10.6 Å². The van der Waals surface area contributed by atoms with E-state index in [0.717, 1.165) is 76.3 Å². The minimum Gasteiger partial charge on any atom is -0.374 e. The number of nitrogens with zero attached hydrogens (tertiary/aromatic N) is 5. The van der Waals surface area contributed by atoms with E-state index in [-0.39, 0.29) is 30.1 Å². The summed E-state index contributed by atoms with van der Waals surface area (Å²) in [5.74, 6) is 3.54. The molecular formula is C18H34IN7O. The van der Waals surface area contributed by atoms with Crippen LogP contribution in [0.25, 0.3) is 0 Å². The van der Waals surface area contributed by atoms with Crippen LogP contribution in [0.1, 0.15) is 38.8 Å². The molecule has 27 heavy (non-hydrogen) atoms. The molecule has 0 aliphatic carbocycles. The summed E-state index contributed by atoms with van der Waals surface area (Å²) in [5, 5.41) is 15.3. The Balaban J connectivity index is 0.00000261. The van der Waals surface area contributed by atoms with Crippen molar-refractivity contribution in [2.45, 2.75) is 52.8 Å². The van der Waals surface area contributed by atoms with Gasteiger partial charge in [-0.1, -0.05) is 13.8 Å². The molecule has 2 N–H and O–H groups in total. The Labute approximate surface area is 179 Å². The summed E-state index contributed by atoms with van der Waals surface area (Å²) in [5.41, 5.74) is 0. The number of morpholine rings is 1. The normalized spacial score (nSPS) is 20.4. The van der Waals surface area contributed by atoms with Gasteiger partial charge in [0.15, 0.2) is 11.8 Å².